The van der Waals surface area contributed by atoms with Crippen LogP contribution in [0.4, 0.5) is 10.6 Å². The predicted octanol–water partition coefficient (Wildman–Crippen LogP) is 2.89. The Morgan fingerprint density at radius 1 is 1.19 bits per heavy atom. The molecule has 2 bridgehead atoms. The van der Waals surface area contributed by atoms with Crippen LogP contribution in [0, 0.1) is 0 Å². The molecule has 1 unspecified atom stereocenters. The number of ether oxygens (including phenoxy) is 2. The Kier molecular flexibility index (Phi) is 5.07. The molecule has 2 aliphatic heterocycles. The minimum atomic E-state index is -0.491. The fraction of sp³-hybridized carbons (Fsp3) is 0.632. The Hall–Kier alpha value is -2.31. The van der Waals surface area contributed by atoms with Crippen molar-refractivity contribution in [3.05, 3.63) is 23.9 Å². The van der Waals surface area contributed by atoms with E-state index in [1.807, 2.05) is 26.8 Å². The molecule has 7 heteroatoms. The maximum Gasteiger partial charge on any atom is 0.407 e. The van der Waals surface area contributed by atoms with E-state index in [4.69, 9.17) is 9.47 Å². The molecule has 142 valence electrons. The molecular formula is C19H27N3O4. The van der Waals surface area contributed by atoms with Crippen molar-refractivity contribution in [2.75, 3.05) is 12.0 Å². The molecule has 26 heavy (non-hydrogen) atoms. The van der Waals surface area contributed by atoms with E-state index in [9.17, 15) is 9.59 Å². The van der Waals surface area contributed by atoms with Crippen LogP contribution in [0.1, 0.15) is 56.8 Å². The highest BCUT2D eigenvalue weighted by Crippen LogP contribution is 2.38. The third kappa shape index (κ3) is 4.08. The van der Waals surface area contributed by atoms with Gasteiger partial charge in [0.1, 0.15) is 11.4 Å². The van der Waals surface area contributed by atoms with Gasteiger partial charge in [-0.1, -0.05) is 0 Å². The second-order valence-electron chi connectivity index (χ2n) is 8.00. The molecule has 0 spiro atoms. The van der Waals surface area contributed by atoms with Crippen molar-refractivity contribution >= 4 is 17.9 Å². The van der Waals surface area contributed by atoms with Crippen molar-refractivity contribution in [1.82, 2.24) is 10.3 Å². The molecule has 2 fully saturated rings. The van der Waals surface area contributed by atoms with E-state index >= 15 is 0 Å². The molecule has 3 heterocycles. The van der Waals surface area contributed by atoms with Crippen molar-refractivity contribution in [3.8, 4) is 0 Å². The number of hydrogen-bond acceptors (Lipinski definition) is 6. The van der Waals surface area contributed by atoms with Gasteiger partial charge >= 0.3 is 12.1 Å². The van der Waals surface area contributed by atoms with E-state index < -0.39 is 5.60 Å². The van der Waals surface area contributed by atoms with Gasteiger partial charge in [-0.05, 0) is 58.6 Å². The SMILES string of the molecule is COC(=O)c1ccc(N2[C@@H]3CC[C@H]2CC(NC(=O)OC(C)(C)C)C3)nc1. The summed E-state index contributed by atoms with van der Waals surface area (Å²) in [6, 6.07) is 4.42. The van der Waals surface area contributed by atoms with Crippen LogP contribution in [0.2, 0.25) is 0 Å². The van der Waals surface area contributed by atoms with Crippen molar-refractivity contribution in [2.24, 2.45) is 0 Å². The fourth-order valence-corrected chi connectivity index (χ4v) is 3.92. The standard InChI is InChI=1S/C19H27N3O4/c1-19(2,3)26-18(24)21-13-9-14-6-7-15(10-13)22(14)16-8-5-12(11-20-16)17(23)25-4/h5,8,11,13-15H,6-7,9-10H2,1-4H3,(H,21,24)/t13?,14-,15+. The largest absolute Gasteiger partial charge is 0.465 e. The first-order chi connectivity index (χ1) is 12.3. The Labute approximate surface area is 154 Å². The second kappa shape index (κ2) is 7.13. The Balaban J connectivity index is 1.64. The number of nitrogens with one attached hydrogen (secondary N) is 1. The van der Waals surface area contributed by atoms with Crippen LogP contribution in [0.15, 0.2) is 18.3 Å². The lowest BCUT2D eigenvalue weighted by molar-refractivity contribution is 0.0491. The molecule has 3 rings (SSSR count). The van der Waals surface area contributed by atoms with Gasteiger partial charge in [-0.15, -0.1) is 0 Å². The lowest BCUT2D eigenvalue weighted by atomic mass is 9.97. The van der Waals surface area contributed by atoms with Gasteiger partial charge < -0.3 is 19.7 Å². The van der Waals surface area contributed by atoms with Crippen molar-refractivity contribution in [1.29, 1.82) is 0 Å². The number of aromatic nitrogens is 1. The summed E-state index contributed by atoms with van der Waals surface area (Å²) in [4.78, 5) is 30.4. The predicted molar refractivity (Wildman–Crippen MR) is 97.3 cm³/mol. The molecule has 1 aromatic rings. The lowest BCUT2D eigenvalue weighted by Gasteiger charge is -2.40. The monoisotopic (exact) mass is 361 g/mol. The normalized spacial score (nSPS) is 24.9. The quantitative estimate of drug-likeness (QED) is 0.834. The van der Waals surface area contributed by atoms with Crippen LogP contribution in [-0.2, 0) is 9.47 Å². The van der Waals surface area contributed by atoms with Gasteiger partial charge in [0.15, 0.2) is 0 Å². The minimum absolute atomic E-state index is 0.118. The number of nitrogens with zero attached hydrogens (tertiary/aromatic N) is 2. The average molecular weight is 361 g/mol. The fourth-order valence-electron chi connectivity index (χ4n) is 3.92. The van der Waals surface area contributed by atoms with Crippen LogP contribution in [0.25, 0.3) is 0 Å². The molecular weight excluding hydrogens is 334 g/mol. The van der Waals surface area contributed by atoms with E-state index in [1.165, 1.54) is 7.11 Å². The molecule has 0 saturated carbocycles. The highest BCUT2D eigenvalue weighted by atomic mass is 16.6. The Morgan fingerprint density at radius 2 is 1.85 bits per heavy atom. The number of fused-ring (bicyclic) bond motifs is 2. The van der Waals surface area contributed by atoms with E-state index in [0.717, 1.165) is 31.5 Å². The highest BCUT2D eigenvalue weighted by Gasteiger charge is 2.42. The van der Waals surface area contributed by atoms with Crippen LogP contribution >= 0.6 is 0 Å². The molecule has 1 N–H and O–H groups in total. The van der Waals surface area contributed by atoms with Gasteiger partial charge in [0.2, 0.25) is 0 Å². The first kappa shape index (κ1) is 18.5. The Morgan fingerprint density at radius 3 is 2.35 bits per heavy atom. The van der Waals surface area contributed by atoms with Crippen molar-refractivity contribution in [2.45, 2.75) is 70.2 Å². The zero-order chi connectivity index (χ0) is 18.9. The van der Waals surface area contributed by atoms with E-state index in [1.54, 1.807) is 12.3 Å². The summed E-state index contributed by atoms with van der Waals surface area (Å²) in [5.74, 6) is 0.494. The summed E-state index contributed by atoms with van der Waals surface area (Å²) >= 11 is 0. The molecule has 2 saturated heterocycles. The third-order valence-electron chi connectivity index (χ3n) is 4.89. The van der Waals surface area contributed by atoms with E-state index in [0.29, 0.717) is 17.6 Å². The smallest absolute Gasteiger partial charge is 0.407 e. The third-order valence-corrected chi connectivity index (χ3v) is 4.89. The summed E-state index contributed by atoms with van der Waals surface area (Å²) in [5.41, 5.74) is -0.0419. The molecule has 2 aliphatic rings. The minimum Gasteiger partial charge on any atom is -0.465 e. The van der Waals surface area contributed by atoms with Crippen LogP contribution in [0.5, 0.6) is 0 Å². The van der Waals surface area contributed by atoms with E-state index in [2.05, 4.69) is 15.2 Å². The summed E-state index contributed by atoms with van der Waals surface area (Å²) in [6.45, 7) is 5.59. The second-order valence-corrected chi connectivity index (χ2v) is 8.00. The number of carbonyl (C=O) groups excluding carboxylic acids is 2. The van der Waals surface area contributed by atoms with Gasteiger partial charge in [-0.3, -0.25) is 0 Å². The van der Waals surface area contributed by atoms with Gasteiger partial charge in [-0.25, -0.2) is 14.6 Å². The number of methoxy groups -OCH3 is 1. The molecule has 0 aliphatic carbocycles. The maximum atomic E-state index is 12.0. The Bertz CT molecular complexity index is 654. The number of esters is 1. The first-order valence-electron chi connectivity index (χ1n) is 9.09. The first-order valence-corrected chi connectivity index (χ1v) is 9.09. The topological polar surface area (TPSA) is 80.8 Å². The van der Waals surface area contributed by atoms with E-state index in [-0.39, 0.29) is 18.1 Å². The average Bonchev–Trinajstić information content (AvgIpc) is 2.83. The number of pyridine rings is 1. The van der Waals surface area contributed by atoms with Crippen LogP contribution in [0.3, 0.4) is 0 Å². The van der Waals surface area contributed by atoms with Gasteiger partial charge in [0, 0.05) is 24.3 Å². The van der Waals surface area contributed by atoms with Gasteiger partial charge in [0.25, 0.3) is 0 Å². The number of piperidine rings is 1. The van der Waals surface area contributed by atoms with Crippen LogP contribution < -0.4 is 10.2 Å². The molecule has 1 aromatic heterocycles. The maximum absolute atomic E-state index is 12.0. The zero-order valence-electron chi connectivity index (χ0n) is 15.8. The molecule has 3 atom stereocenters. The van der Waals surface area contributed by atoms with Crippen molar-refractivity contribution in [3.63, 3.8) is 0 Å². The van der Waals surface area contributed by atoms with Gasteiger partial charge in [0.05, 0.1) is 12.7 Å². The molecule has 1 amide bonds. The number of alkyl carbamates (subject to hydrolysis) is 1. The summed E-state index contributed by atoms with van der Waals surface area (Å²) in [6.07, 6.45) is 5.11. The van der Waals surface area contributed by atoms with Crippen molar-refractivity contribution < 1.29 is 19.1 Å². The number of anilines is 1. The van der Waals surface area contributed by atoms with Crippen LogP contribution in [-0.4, -0.2) is 47.9 Å². The summed E-state index contributed by atoms with van der Waals surface area (Å²) in [5, 5.41) is 3.01. The lowest BCUT2D eigenvalue weighted by Crippen LogP contribution is -2.51. The zero-order valence-corrected chi connectivity index (χ0v) is 15.8. The van der Waals surface area contributed by atoms with Gasteiger partial charge in [-0.2, -0.15) is 0 Å². The number of rotatable bonds is 3. The summed E-state index contributed by atoms with van der Waals surface area (Å²) in [7, 11) is 1.36. The number of amides is 1. The molecule has 0 aromatic carbocycles. The number of carbonyl (C=O) groups is 2. The summed E-state index contributed by atoms with van der Waals surface area (Å²) < 4.78 is 10.1. The molecule has 0 radical (unpaired) electrons. The number of hydrogen-bond donors (Lipinski definition) is 1. The molecule has 7 nitrogen and oxygen atoms in total. The highest BCUT2D eigenvalue weighted by molar-refractivity contribution is 5.89.